The summed E-state index contributed by atoms with van der Waals surface area (Å²) < 4.78 is 0. The first-order chi connectivity index (χ1) is 10.8. The van der Waals surface area contributed by atoms with E-state index in [1.807, 2.05) is 18.2 Å². The van der Waals surface area contributed by atoms with Crippen molar-refractivity contribution in [3.63, 3.8) is 0 Å². The fraction of sp³-hybridized carbons (Fsp3) is 0.316. The molecule has 2 rings (SSSR count). The van der Waals surface area contributed by atoms with Gasteiger partial charge in [-0.25, -0.2) is 0 Å². The third-order valence-electron chi connectivity index (χ3n) is 3.60. The van der Waals surface area contributed by atoms with E-state index in [-0.39, 0.29) is 6.61 Å². The first-order valence-electron chi connectivity index (χ1n) is 7.72. The van der Waals surface area contributed by atoms with Crippen molar-refractivity contribution in [3.8, 4) is 11.1 Å². The van der Waals surface area contributed by atoms with E-state index in [0.29, 0.717) is 0 Å². The second kappa shape index (κ2) is 9.00. The molecular formula is C19H23NO2. The molecule has 1 N–H and O–H groups in total. The minimum atomic E-state index is 0.253. The lowest BCUT2D eigenvalue weighted by Crippen LogP contribution is -2.02. The Morgan fingerprint density at radius 3 is 2.23 bits per heavy atom. The third-order valence-corrected chi connectivity index (χ3v) is 3.60. The SMILES string of the molecule is CON=C(CCCCCO)c1ccc(-c2ccccc2)cc1. The van der Waals surface area contributed by atoms with Gasteiger partial charge in [-0.3, -0.25) is 0 Å². The number of hydrogen-bond acceptors (Lipinski definition) is 3. The van der Waals surface area contributed by atoms with Gasteiger partial charge in [0.1, 0.15) is 7.11 Å². The molecule has 116 valence electrons. The number of rotatable bonds is 8. The summed E-state index contributed by atoms with van der Waals surface area (Å²) in [6, 6.07) is 18.7. The minimum Gasteiger partial charge on any atom is -0.399 e. The van der Waals surface area contributed by atoms with Gasteiger partial charge in [-0.15, -0.1) is 0 Å². The maximum Gasteiger partial charge on any atom is 0.106 e. The Balaban J connectivity index is 2.07. The quantitative estimate of drug-likeness (QED) is 0.449. The largest absolute Gasteiger partial charge is 0.399 e. The average Bonchev–Trinajstić information content (AvgIpc) is 2.59. The summed E-state index contributed by atoms with van der Waals surface area (Å²) >= 11 is 0. The van der Waals surface area contributed by atoms with E-state index in [9.17, 15) is 0 Å². The molecule has 2 aromatic carbocycles. The molecule has 0 amide bonds. The Kier molecular flexibility index (Phi) is 6.65. The number of aliphatic hydroxyl groups is 1. The molecule has 0 aliphatic carbocycles. The number of hydrogen-bond donors (Lipinski definition) is 1. The number of oxime groups is 1. The zero-order valence-corrected chi connectivity index (χ0v) is 13.0. The highest BCUT2D eigenvalue weighted by atomic mass is 16.6. The number of unbranched alkanes of at least 4 members (excludes halogenated alkanes) is 2. The normalized spacial score (nSPS) is 11.5. The average molecular weight is 297 g/mol. The summed E-state index contributed by atoms with van der Waals surface area (Å²) in [5.41, 5.74) is 4.45. The van der Waals surface area contributed by atoms with Gasteiger partial charge in [0.25, 0.3) is 0 Å². The highest BCUT2D eigenvalue weighted by Gasteiger charge is 2.05. The molecular weight excluding hydrogens is 274 g/mol. The molecule has 2 aromatic rings. The fourth-order valence-electron chi connectivity index (χ4n) is 2.42. The van der Waals surface area contributed by atoms with Crippen LogP contribution >= 0.6 is 0 Å². The zero-order chi connectivity index (χ0) is 15.6. The predicted molar refractivity (Wildman–Crippen MR) is 91.0 cm³/mol. The molecule has 0 fully saturated rings. The van der Waals surface area contributed by atoms with Gasteiger partial charge >= 0.3 is 0 Å². The Morgan fingerprint density at radius 2 is 1.59 bits per heavy atom. The lowest BCUT2D eigenvalue weighted by molar-refractivity contribution is 0.212. The number of nitrogens with zero attached hydrogens (tertiary/aromatic N) is 1. The Bertz CT molecular complexity index is 576. The smallest absolute Gasteiger partial charge is 0.106 e. The molecule has 3 heteroatoms. The molecule has 0 aromatic heterocycles. The van der Waals surface area contributed by atoms with Crippen LogP contribution in [0.5, 0.6) is 0 Å². The maximum absolute atomic E-state index is 8.84. The zero-order valence-electron chi connectivity index (χ0n) is 13.0. The van der Waals surface area contributed by atoms with Crippen LogP contribution in [0, 0.1) is 0 Å². The minimum absolute atomic E-state index is 0.253. The summed E-state index contributed by atoms with van der Waals surface area (Å²) in [6.45, 7) is 0.253. The molecule has 0 saturated carbocycles. The van der Waals surface area contributed by atoms with Crippen LogP contribution in [0.2, 0.25) is 0 Å². The van der Waals surface area contributed by atoms with Crippen LogP contribution in [-0.4, -0.2) is 24.5 Å². The highest BCUT2D eigenvalue weighted by Crippen LogP contribution is 2.20. The number of aliphatic hydroxyl groups excluding tert-OH is 1. The standard InChI is InChI=1S/C19H23NO2/c1-22-20-19(10-6-3-7-15-21)18-13-11-17(12-14-18)16-8-4-2-5-9-16/h2,4-5,8-9,11-14,21H,3,6-7,10,15H2,1H3. The highest BCUT2D eigenvalue weighted by molar-refractivity contribution is 6.00. The van der Waals surface area contributed by atoms with Crippen molar-refractivity contribution in [2.45, 2.75) is 25.7 Å². The Morgan fingerprint density at radius 1 is 0.909 bits per heavy atom. The summed E-state index contributed by atoms with van der Waals surface area (Å²) in [5.74, 6) is 0. The van der Waals surface area contributed by atoms with Gasteiger partial charge in [-0.05, 0) is 36.0 Å². The lowest BCUT2D eigenvalue weighted by Gasteiger charge is -2.07. The van der Waals surface area contributed by atoms with Gasteiger partial charge in [0.05, 0.1) is 5.71 Å². The molecule has 0 unspecified atom stereocenters. The van der Waals surface area contributed by atoms with Gasteiger partial charge in [-0.2, -0.15) is 0 Å². The predicted octanol–water partition coefficient (Wildman–Crippen LogP) is 4.26. The second-order valence-electron chi connectivity index (χ2n) is 5.20. The van der Waals surface area contributed by atoms with Crippen LogP contribution in [0.4, 0.5) is 0 Å². The first-order valence-corrected chi connectivity index (χ1v) is 7.72. The van der Waals surface area contributed by atoms with E-state index in [1.54, 1.807) is 7.11 Å². The van der Waals surface area contributed by atoms with E-state index >= 15 is 0 Å². The molecule has 0 radical (unpaired) electrons. The summed E-state index contributed by atoms with van der Waals surface area (Å²) in [6.07, 6.45) is 3.70. The van der Waals surface area contributed by atoms with Crippen molar-refractivity contribution in [2.75, 3.05) is 13.7 Å². The van der Waals surface area contributed by atoms with Gasteiger partial charge in [0.2, 0.25) is 0 Å². The summed E-state index contributed by atoms with van der Waals surface area (Å²) in [7, 11) is 1.58. The topological polar surface area (TPSA) is 41.8 Å². The van der Waals surface area contributed by atoms with Crippen molar-refractivity contribution in [1.29, 1.82) is 0 Å². The van der Waals surface area contributed by atoms with Crippen molar-refractivity contribution in [1.82, 2.24) is 0 Å². The van der Waals surface area contributed by atoms with Crippen molar-refractivity contribution >= 4 is 5.71 Å². The Labute approximate surface area is 132 Å². The van der Waals surface area contributed by atoms with Gasteiger partial charge in [0, 0.05) is 6.61 Å². The summed E-state index contributed by atoms with van der Waals surface area (Å²) in [4.78, 5) is 4.97. The number of benzene rings is 2. The van der Waals surface area contributed by atoms with Gasteiger partial charge < -0.3 is 9.94 Å². The van der Waals surface area contributed by atoms with Crippen LogP contribution in [-0.2, 0) is 4.84 Å². The van der Waals surface area contributed by atoms with E-state index in [1.165, 1.54) is 11.1 Å². The van der Waals surface area contributed by atoms with E-state index in [4.69, 9.17) is 9.94 Å². The van der Waals surface area contributed by atoms with Crippen molar-refractivity contribution in [3.05, 3.63) is 60.2 Å². The van der Waals surface area contributed by atoms with Crippen LogP contribution in [0.15, 0.2) is 59.8 Å². The molecule has 22 heavy (non-hydrogen) atoms. The monoisotopic (exact) mass is 297 g/mol. The van der Waals surface area contributed by atoms with Crippen molar-refractivity contribution < 1.29 is 9.94 Å². The molecule has 0 aliphatic rings. The second-order valence-corrected chi connectivity index (χ2v) is 5.20. The molecule has 0 atom stereocenters. The summed E-state index contributed by atoms with van der Waals surface area (Å²) in [5, 5.41) is 13.0. The van der Waals surface area contributed by atoms with E-state index in [2.05, 4.69) is 41.6 Å². The van der Waals surface area contributed by atoms with Crippen molar-refractivity contribution in [2.24, 2.45) is 5.16 Å². The van der Waals surface area contributed by atoms with Crippen LogP contribution in [0.1, 0.15) is 31.2 Å². The van der Waals surface area contributed by atoms with Gasteiger partial charge in [-0.1, -0.05) is 66.2 Å². The molecule has 0 spiro atoms. The molecule has 0 bridgehead atoms. The third kappa shape index (κ3) is 4.71. The van der Waals surface area contributed by atoms with Crippen LogP contribution < -0.4 is 0 Å². The first kappa shape index (κ1) is 16.2. The van der Waals surface area contributed by atoms with Crippen LogP contribution in [0.3, 0.4) is 0 Å². The van der Waals surface area contributed by atoms with E-state index in [0.717, 1.165) is 37.0 Å². The fourth-order valence-corrected chi connectivity index (χ4v) is 2.42. The lowest BCUT2D eigenvalue weighted by atomic mass is 10.00. The molecule has 0 saturated heterocycles. The van der Waals surface area contributed by atoms with Gasteiger partial charge in [0.15, 0.2) is 0 Å². The van der Waals surface area contributed by atoms with Crippen LogP contribution in [0.25, 0.3) is 11.1 Å². The Hall–Kier alpha value is -2.13. The molecule has 3 nitrogen and oxygen atoms in total. The van der Waals surface area contributed by atoms with E-state index < -0.39 is 0 Å². The molecule has 0 heterocycles. The maximum atomic E-state index is 8.84. The molecule has 0 aliphatic heterocycles.